The molecule has 1 aliphatic rings. The van der Waals surface area contributed by atoms with Crippen LogP contribution in [0.25, 0.3) is 11.0 Å². The molecule has 0 unspecified atom stereocenters. The van der Waals surface area contributed by atoms with Crippen LogP contribution < -0.4 is 4.90 Å². The van der Waals surface area contributed by atoms with Crippen molar-refractivity contribution < 1.29 is 13.2 Å². The molecule has 1 aliphatic heterocycles. The van der Waals surface area contributed by atoms with Gasteiger partial charge in [0.2, 0.25) is 15.9 Å². The van der Waals surface area contributed by atoms with E-state index >= 15 is 0 Å². The smallest absolute Gasteiger partial charge is 0.242 e. The molecule has 8 nitrogen and oxygen atoms in total. The van der Waals surface area contributed by atoms with Gasteiger partial charge >= 0.3 is 0 Å². The van der Waals surface area contributed by atoms with Crippen molar-refractivity contribution in [1.29, 1.82) is 0 Å². The number of para-hydroxylation sites is 1. The van der Waals surface area contributed by atoms with Crippen molar-refractivity contribution in [1.82, 2.24) is 18.8 Å². The van der Waals surface area contributed by atoms with Gasteiger partial charge < -0.3 is 14.4 Å². The monoisotopic (exact) mass is 497 g/mol. The molecule has 0 spiro atoms. The number of carbonyl (C=O) groups excluding carboxylic acids is 1. The maximum atomic E-state index is 13.0. The highest BCUT2D eigenvalue weighted by molar-refractivity contribution is 7.89. The first-order chi connectivity index (χ1) is 16.7. The van der Waals surface area contributed by atoms with Gasteiger partial charge in [-0.05, 0) is 49.6 Å². The zero-order valence-corrected chi connectivity index (χ0v) is 21.9. The fourth-order valence-electron chi connectivity index (χ4n) is 4.74. The first-order valence-electron chi connectivity index (χ1n) is 12.2. The van der Waals surface area contributed by atoms with Crippen LogP contribution in [0.2, 0.25) is 0 Å². The number of anilines is 1. The molecule has 0 saturated carbocycles. The van der Waals surface area contributed by atoms with E-state index in [9.17, 15) is 13.2 Å². The second-order valence-corrected chi connectivity index (χ2v) is 11.4. The summed E-state index contributed by atoms with van der Waals surface area (Å²) < 4.78 is 28.3. The van der Waals surface area contributed by atoms with E-state index in [1.165, 1.54) is 42.5 Å². The Kier molecular flexibility index (Phi) is 7.47. The van der Waals surface area contributed by atoms with Gasteiger partial charge in [0, 0.05) is 65.9 Å². The molecule has 35 heavy (non-hydrogen) atoms. The average molecular weight is 498 g/mol. The number of rotatable bonds is 9. The zero-order valence-electron chi connectivity index (χ0n) is 21.1. The summed E-state index contributed by atoms with van der Waals surface area (Å²) in [7, 11) is 1.35. The van der Waals surface area contributed by atoms with Gasteiger partial charge in [0.15, 0.2) is 0 Å². The quantitative estimate of drug-likeness (QED) is 0.452. The van der Waals surface area contributed by atoms with Gasteiger partial charge in [0.25, 0.3) is 0 Å². The Morgan fingerprint density at radius 3 is 2.46 bits per heavy atom. The molecule has 0 N–H and O–H groups in total. The lowest BCUT2D eigenvalue weighted by molar-refractivity contribution is -0.130. The fourth-order valence-corrected chi connectivity index (χ4v) is 5.66. The fraction of sp³-hybridized carbons (Fsp3) is 0.462. The van der Waals surface area contributed by atoms with Crippen LogP contribution in [0.5, 0.6) is 0 Å². The van der Waals surface area contributed by atoms with Crippen LogP contribution in [0.3, 0.4) is 0 Å². The number of imidazole rings is 1. The molecule has 4 rings (SSSR count). The summed E-state index contributed by atoms with van der Waals surface area (Å²) in [6.45, 7) is 5.43. The zero-order chi connectivity index (χ0) is 25.2. The first-order valence-corrected chi connectivity index (χ1v) is 13.6. The molecular weight excluding hydrogens is 462 g/mol. The number of aromatic nitrogens is 2. The minimum absolute atomic E-state index is 0.0619. The molecule has 3 aromatic rings. The standard InChI is InChI=1S/C26H35N5O3S/c1-5-31-24-13-12-21(35(33,34)28(2)3)18-22(24)27-25(31)14-15-26(32)29(4)19-20-10-6-7-11-23(20)30-16-8-9-17-30/h6-7,10-13,18H,5,8-9,14-17,19H2,1-4H3. The maximum Gasteiger partial charge on any atom is 0.242 e. The van der Waals surface area contributed by atoms with Crippen LogP contribution in [0, 0.1) is 0 Å². The Morgan fingerprint density at radius 2 is 1.77 bits per heavy atom. The van der Waals surface area contributed by atoms with E-state index in [4.69, 9.17) is 4.98 Å². The Labute approximate surface area is 208 Å². The predicted molar refractivity (Wildman–Crippen MR) is 139 cm³/mol. The number of fused-ring (bicyclic) bond motifs is 1. The van der Waals surface area contributed by atoms with Gasteiger partial charge in [-0.25, -0.2) is 17.7 Å². The third-order valence-corrected chi connectivity index (χ3v) is 8.54. The molecule has 188 valence electrons. The summed E-state index contributed by atoms with van der Waals surface area (Å²) in [4.78, 5) is 22.1. The maximum absolute atomic E-state index is 13.0. The molecule has 0 atom stereocenters. The minimum atomic E-state index is -3.54. The van der Waals surface area contributed by atoms with Gasteiger partial charge in [0.05, 0.1) is 15.9 Å². The number of aryl methyl sites for hydroxylation is 2. The van der Waals surface area contributed by atoms with Crippen LogP contribution in [0.4, 0.5) is 5.69 Å². The average Bonchev–Trinajstić information content (AvgIpc) is 3.50. The Bertz CT molecular complexity index is 1310. The molecule has 1 amide bonds. The van der Waals surface area contributed by atoms with Crippen LogP contribution in [-0.2, 0) is 34.3 Å². The number of amides is 1. The highest BCUT2D eigenvalue weighted by atomic mass is 32.2. The van der Waals surface area contributed by atoms with Crippen molar-refractivity contribution in [3.8, 4) is 0 Å². The Morgan fingerprint density at radius 1 is 1.06 bits per heavy atom. The molecule has 2 aromatic carbocycles. The Hall–Kier alpha value is -2.91. The predicted octanol–water partition coefficient (Wildman–Crippen LogP) is 3.50. The van der Waals surface area contributed by atoms with Gasteiger partial charge in [0.1, 0.15) is 5.82 Å². The first kappa shape index (κ1) is 25.2. The number of carbonyl (C=O) groups is 1. The lowest BCUT2D eigenvalue weighted by atomic mass is 10.1. The van der Waals surface area contributed by atoms with E-state index in [1.807, 2.05) is 20.0 Å². The van der Waals surface area contributed by atoms with E-state index in [1.54, 1.807) is 23.1 Å². The summed E-state index contributed by atoms with van der Waals surface area (Å²) in [6.07, 6.45) is 3.26. The van der Waals surface area contributed by atoms with E-state index in [0.717, 1.165) is 24.4 Å². The summed E-state index contributed by atoms with van der Waals surface area (Å²) in [5.74, 6) is 0.855. The second-order valence-electron chi connectivity index (χ2n) is 9.28. The summed E-state index contributed by atoms with van der Waals surface area (Å²) in [5, 5.41) is 0. The Balaban J connectivity index is 1.47. The van der Waals surface area contributed by atoms with Crippen molar-refractivity contribution >= 4 is 32.7 Å². The molecule has 1 fully saturated rings. The van der Waals surface area contributed by atoms with Crippen LogP contribution in [0.15, 0.2) is 47.4 Å². The number of sulfonamides is 1. The third-order valence-electron chi connectivity index (χ3n) is 6.73. The number of benzene rings is 2. The summed E-state index contributed by atoms with van der Waals surface area (Å²) >= 11 is 0. The van der Waals surface area contributed by atoms with E-state index < -0.39 is 10.0 Å². The topological polar surface area (TPSA) is 78.8 Å². The molecular formula is C26H35N5O3S. The van der Waals surface area contributed by atoms with Crippen molar-refractivity contribution in [3.63, 3.8) is 0 Å². The lowest BCUT2D eigenvalue weighted by Crippen LogP contribution is -2.28. The van der Waals surface area contributed by atoms with E-state index in [0.29, 0.717) is 31.4 Å². The van der Waals surface area contributed by atoms with Crippen molar-refractivity contribution in [2.24, 2.45) is 0 Å². The number of nitrogens with zero attached hydrogens (tertiary/aromatic N) is 5. The molecule has 0 radical (unpaired) electrons. The third kappa shape index (κ3) is 5.21. The van der Waals surface area contributed by atoms with Crippen molar-refractivity contribution in [2.75, 3.05) is 39.1 Å². The minimum Gasteiger partial charge on any atom is -0.371 e. The molecule has 1 aromatic heterocycles. The molecule has 0 bridgehead atoms. The van der Waals surface area contributed by atoms with Gasteiger partial charge in [-0.2, -0.15) is 0 Å². The second kappa shape index (κ2) is 10.4. The van der Waals surface area contributed by atoms with Crippen LogP contribution in [0.1, 0.15) is 37.6 Å². The highest BCUT2D eigenvalue weighted by Gasteiger charge is 2.21. The summed E-state index contributed by atoms with van der Waals surface area (Å²) in [6, 6.07) is 13.4. The van der Waals surface area contributed by atoms with Crippen LogP contribution in [-0.4, -0.2) is 67.3 Å². The van der Waals surface area contributed by atoms with Crippen molar-refractivity contribution in [2.45, 2.75) is 50.6 Å². The highest BCUT2D eigenvalue weighted by Crippen LogP contribution is 2.26. The largest absolute Gasteiger partial charge is 0.371 e. The van der Waals surface area contributed by atoms with E-state index in [2.05, 4.69) is 27.7 Å². The molecule has 9 heteroatoms. The summed E-state index contributed by atoms with van der Waals surface area (Å²) in [5.41, 5.74) is 3.90. The normalized spacial score (nSPS) is 14.3. The van der Waals surface area contributed by atoms with E-state index in [-0.39, 0.29) is 10.8 Å². The molecule has 2 heterocycles. The van der Waals surface area contributed by atoms with Crippen molar-refractivity contribution in [3.05, 3.63) is 53.9 Å². The van der Waals surface area contributed by atoms with Gasteiger partial charge in [-0.3, -0.25) is 4.79 Å². The molecule has 1 saturated heterocycles. The van der Waals surface area contributed by atoms with Gasteiger partial charge in [-0.1, -0.05) is 18.2 Å². The number of hydrogen-bond donors (Lipinski definition) is 0. The molecule has 0 aliphatic carbocycles. The van der Waals surface area contributed by atoms with Crippen LogP contribution >= 0.6 is 0 Å². The van der Waals surface area contributed by atoms with Gasteiger partial charge in [-0.15, -0.1) is 0 Å². The number of hydrogen-bond acceptors (Lipinski definition) is 5. The SMILES string of the molecule is CCn1c(CCC(=O)N(C)Cc2ccccc2N2CCCC2)nc2cc(S(=O)(=O)N(C)C)ccc21. The lowest BCUT2D eigenvalue weighted by Gasteiger charge is -2.24.